The smallest absolute Gasteiger partial charge is 0.00959 e. The molecule has 0 N–H and O–H groups in total. The predicted octanol–water partition coefficient (Wildman–Crippen LogP) is 3.40. The Morgan fingerprint density at radius 1 is 1.10 bits per heavy atom. The second kappa shape index (κ2) is 9.29. The summed E-state index contributed by atoms with van der Waals surface area (Å²) in [6.07, 6.45) is 5.96. The van der Waals surface area contributed by atoms with Crippen molar-refractivity contribution in [2.24, 2.45) is 0 Å². The van der Waals surface area contributed by atoms with Crippen LogP contribution in [0.2, 0.25) is 0 Å². The molecule has 0 spiro atoms. The molecule has 0 aromatic carbocycles. The third-order valence-electron chi connectivity index (χ3n) is 1.22. The first-order chi connectivity index (χ1) is 4.91. The van der Waals surface area contributed by atoms with Gasteiger partial charge in [0.05, 0.1) is 0 Å². The standard InChI is InChI=1S/C9H15I/c1-2-3-4-5-6-7-8-9-10/h2-4,7-9H2,1H3. The van der Waals surface area contributed by atoms with Crippen molar-refractivity contribution >= 4 is 22.6 Å². The maximum atomic E-state index is 3.17. The Balaban J connectivity index is 2.98. The number of rotatable bonds is 4. The summed E-state index contributed by atoms with van der Waals surface area (Å²) in [5.74, 6) is 6.33. The van der Waals surface area contributed by atoms with E-state index in [9.17, 15) is 0 Å². The van der Waals surface area contributed by atoms with Gasteiger partial charge in [-0.2, -0.15) is 0 Å². The number of hydrogen-bond acceptors (Lipinski definition) is 0. The first-order valence-corrected chi connectivity index (χ1v) is 5.46. The lowest BCUT2D eigenvalue weighted by Crippen LogP contribution is -1.71. The van der Waals surface area contributed by atoms with E-state index in [1.165, 1.54) is 23.7 Å². The van der Waals surface area contributed by atoms with Gasteiger partial charge < -0.3 is 0 Å². The van der Waals surface area contributed by atoms with Crippen molar-refractivity contribution in [1.82, 2.24) is 0 Å². The lowest BCUT2D eigenvalue weighted by Gasteiger charge is -1.84. The fraction of sp³-hybridized carbons (Fsp3) is 0.778. The topological polar surface area (TPSA) is 0 Å². The van der Waals surface area contributed by atoms with Gasteiger partial charge in [0.1, 0.15) is 0 Å². The summed E-state index contributed by atoms with van der Waals surface area (Å²) in [5, 5.41) is 0. The van der Waals surface area contributed by atoms with Crippen LogP contribution in [-0.2, 0) is 0 Å². The summed E-state index contributed by atoms with van der Waals surface area (Å²) in [4.78, 5) is 0. The maximum Gasteiger partial charge on any atom is 0.00959 e. The Morgan fingerprint density at radius 3 is 2.20 bits per heavy atom. The molecular formula is C9H15I. The van der Waals surface area contributed by atoms with Crippen LogP contribution < -0.4 is 0 Å². The fourth-order valence-electron chi connectivity index (χ4n) is 0.597. The van der Waals surface area contributed by atoms with Crippen LogP contribution in [-0.4, -0.2) is 4.43 Å². The molecule has 0 fully saturated rings. The van der Waals surface area contributed by atoms with E-state index in [1.54, 1.807) is 0 Å². The fourth-order valence-corrected chi connectivity index (χ4v) is 0.979. The summed E-state index contributed by atoms with van der Waals surface area (Å²) in [5.41, 5.74) is 0. The molecule has 58 valence electrons. The molecular weight excluding hydrogens is 235 g/mol. The zero-order chi connectivity index (χ0) is 7.66. The van der Waals surface area contributed by atoms with E-state index in [2.05, 4.69) is 41.4 Å². The predicted molar refractivity (Wildman–Crippen MR) is 55.4 cm³/mol. The summed E-state index contributed by atoms with van der Waals surface area (Å²) in [6.45, 7) is 2.20. The van der Waals surface area contributed by atoms with Crippen LogP contribution in [0.15, 0.2) is 0 Å². The Kier molecular flexibility index (Phi) is 9.56. The third kappa shape index (κ3) is 8.29. The van der Waals surface area contributed by atoms with Crippen LogP contribution in [0.5, 0.6) is 0 Å². The summed E-state index contributed by atoms with van der Waals surface area (Å²) in [6, 6.07) is 0. The van der Waals surface area contributed by atoms with Crippen molar-refractivity contribution in [3.8, 4) is 11.8 Å². The van der Waals surface area contributed by atoms with Gasteiger partial charge in [0.2, 0.25) is 0 Å². The molecule has 1 heteroatoms. The highest BCUT2D eigenvalue weighted by Crippen LogP contribution is 1.94. The van der Waals surface area contributed by atoms with E-state index in [-0.39, 0.29) is 0 Å². The van der Waals surface area contributed by atoms with E-state index in [1.807, 2.05) is 0 Å². The van der Waals surface area contributed by atoms with Gasteiger partial charge >= 0.3 is 0 Å². The Bertz CT molecular complexity index is 95.6. The van der Waals surface area contributed by atoms with E-state index in [0.29, 0.717) is 0 Å². The highest BCUT2D eigenvalue weighted by atomic mass is 127. The zero-order valence-corrected chi connectivity index (χ0v) is 8.78. The minimum Gasteiger partial charge on any atom is -0.103 e. The Labute approximate surface area is 77.9 Å². The molecule has 0 nitrogen and oxygen atoms in total. The van der Waals surface area contributed by atoms with Crippen LogP contribution in [0.4, 0.5) is 0 Å². The molecule has 0 unspecified atom stereocenters. The van der Waals surface area contributed by atoms with Gasteiger partial charge in [-0.05, 0) is 12.8 Å². The average Bonchev–Trinajstić information content (AvgIpc) is 1.97. The van der Waals surface area contributed by atoms with Gasteiger partial charge in [0, 0.05) is 17.3 Å². The molecule has 0 heterocycles. The molecule has 0 aromatic heterocycles. The monoisotopic (exact) mass is 250 g/mol. The van der Waals surface area contributed by atoms with Crippen LogP contribution in [0, 0.1) is 11.8 Å². The first-order valence-electron chi connectivity index (χ1n) is 3.93. The molecule has 0 saturated carbocycles. The quantitative estimate of drug-likeness (QED) is 0.310. The molecule has 0 radical (unpaired) electrons. The van der Waals surface area contributed by atoms with Crippen LogP contribution in [0.1, 0.15) is 39.0 Å². The lowest BCUT2D eigenvalue weighted by molar-refractivity contribution is 0.827. The van der Waals surface area contributed by atoms with E-state index in [4.69, 9.17) is 0 Å². The molecule has 0 rings (SSSR count). The maximum absolute atomic E-state index is 3.17. The number of halogens is 1. The molecule has 0 aliphatic rings. The van der Waals surface area contributed by atoms with Crippen molar-refractivity contribution < 1.29 is 0 Å². The largest absolute Gasteiger partial charge is 0.103 e. The second-order valence-corrected chi connectivity index (χ2v) is 3.33. The van der Waals surface area contributed by atoms with Gasteiger partial charge in [0.15, 0.2) is 0 Å². The minimum atomic E-state index is 1.09. The first kappa shape index (κ1) is 10.3. The third-order valence-corrected chi connectivity index (χ3v) is 1.98. The summed E-state index contributed by atoms with van der Waals surface area (Å²) in [7, 11) is 0. The van der Waals surface area contributed by atoms with Gasteiger partial charge in [0.25, 0.3) is 0 Å². The molecule has 0 aliphatic carbocycles. The van der Waals surface area contributed by atoms with Crippen LogP contribution in [0.3, 0.4) is 0 Å². The Hall–Kier alpha value is 0.290. The van der Waals surface area contributed by atoms with Crippen LogP contribution in [0.25, 0.3) is 0 Å². The van der Waals surface area contributed by atoms with Gasteiger partial charge in [-0.25, -0.2) is 0 Å². The van der Waals surface area contributed by atoms with E-state index < -0.39 is 0 Å². The van der Waals surface area contributed by atoms with Crippen LogP contribution >= 0.6 is 22.6 Å². The molecule has 0 saturated heterocycles. The number of unbranched alkanes of at least 4 members (excludes halogenated alkanes) is 3. The van der Waals surface area contributed by atoms with Crippen molar-refractivity contribution in [3.05, 3.63) is 0 Å². The molecule has 0 bridgehead atoms. The highest BCUT2D eigenvalue weighted by Gasteiger charge is 1.78. The van der Waals surface area contributed by atoms with Crippen molar-refractivity contribution in [2.75, 3.05) is 4.43 Å². The number of alkyl halides is 1. The molecule has 0 atom stereocenters. The SMILES string of the molecule is CCCCC#CCCCI. The minimum absolute atomic E-state index is 1.09. The normalized spacial score (nSPS) is 8.60. The average molecular weight is 250 g/mol. The summed E-state index contributed by atoms with van der Waals surface area (Å²) < 4.78 is 1.24. The van der Waals surface area contributed by atoms with Crippen molar-refractivity contribution in [3.63, 3.8) is 0 Å². The van der Waals surface area contributed by atoms with Gasteiger partial charge in [-0.3, -0.25) is 0 Å². The molecule has 0 aliphatic heterocycles. The number of hydrogen-bond donors (Lipinski definition) is 0. The molecule has 0 amide bonds. The van der Waals surface area contributed by atoms with E-state index >= 15 is 0 Å². The van der Waals surface area contributed by atoms with Gasteiger partial charge in [-0.15, -0.1) is 11.8 Å². The highest BCUT2D eigenvalue weighted by molar-refractivity contribution is 14.1. The molecule has 10 heavy (non-hydrogen) atoms. The molecule has 0 aromatic rings. The van der Waals surface area contributed by atoms with Crippen molar-refractivity contribution in [2.45, 2.75) is 39.0 Å². The zero-order valence-electron chi connectivity index (χ0n) is 6.62. The van der Waals surface area contributed by atoms with Crippen molar-refractivity contribution in [1.29, 1.82) is 0 Å². The Morgan fingerprint density at radius 2 is 1.70 bits per heavy atom. The summed E-state index contributed by atoms with van der Waals surface area (Å²) >= 11 is 2.39. The lowest BCUT2D eigenvalue weighted by atomic mass is 10.2. The van der Waals surface area contributed by atoms with Gasteiger partial charge in [-0.1, -0.05) is 35.9 Å². The van der Waals surface area contributed by atoms with E-state index in [0.717, 1.165) is 12.8 Å². The second-order valence-electron chi connectivity index (χ2n) is 2.25.